The average molecular weight is 432 g/mol. The highest BCUT2D eigenvalue weighted by molar-refractivity contribution is 8.02. The number of ether oxygens (including phenoxy) is 3. The summed E-state index contributed by atoms with van der Waals surface area (Å²) in [6.07, 6.45) is 5.18. The molecule has 8 heteroatoms. The molecule has 1 fully saturated rings. The predicted octanol–water partition coefficient (Wildman–Crippen LogP) is 3.37. The summed E-state index contributed by atoms with van der Waals surface area (Å²) in [5.41, 5.74) is 5.80. The Kier molecular flexibility index (Phi) is 10.5. The molecule has 0 aromatic heterocycles. The lowest BCUT2D eigenvalue weighted by atomic mass is 9.95. The van der Waals surface area contributed by atoms with Crippen LogP contribution in [-0.2, 0) is 28.6 Å². The van der Waals surface area contributed by atoms with Gasteiger partial charge in [-0.3, -0.25) is 4.79 Å². The molecule has 2 N–H and O–H groups in total. The second-order valence-electron chi connectivity index (χ2n) is 8.29. The van der Waals surface area contributed by atoms with E-state index < -0.39 is 34.3 Å². The van der Waals surface area contributed by atoms with Crippen LogP contribution in [0, 0.1) is 0 Å². The average Bonchev–Trinajstić information content (AvgIpc) is 2.64. The minimum atomic E-state index is -1.68. The van der Waals surface area contributed by atoms with Gasteiger partial charge in [0.05, 0.1) is 13.2 Å². The number of rotatable bonds is 10. The minimum Gasteiger partial charge on any atom is -0.464 e. The number of carbonyl (C=O) groups is 3. The van der Waals surface area contributed by atoms with Gasteiger partial charge in [0.15, 0.2) is 0 Å². The van der Waals surface area contributed by atoms with Crippen LogP contribution >= 0.6 is 11.8 Å². The van der Waals surface area contributed by atoms with Gasteiger partial charge in [0.1, 0.15) is 5.60 Å². The molecule has 168 valence electrons. The Hall–Kier alpha value is -1.28. The van der Waals surface area contributed by atoms with E-state index >= 15 is 0 Å². The molecule has 0 aromatic rings. The highest BCUT2D eigenvalue weighted by atomic mass is 32.2. The maximum absolute atomic E-state index is 13.0. The van der Waals surface area contributed by atoms with Crippen molar-refractivity contribution in [3.63, 3.8) is 0 Å². The molecular formula is C21H37NO6S. The van der Waals surface area contributed by atoms with E-state index in [-0.39, 0.29) is 31.3 Å². The standard InChI is InChI=1S/C21H37NO6S/c1-6-26-18(24)21(19(25)27-7-2,29-15-11-9-8-10-12-15)16(22)13-14-17(23)28-20(3,4)5/h15-16H,6-14,22H2,1-5H3. The lowest BCUT2D eigenvalue weighted by molar-refractivity contribution is -0.161. The summed E-state index contributed by atoms with van der Waals surface area (Å²) in [5.74, 6) is -1.80. The first-order chi connectivity index (χ1) is 13.6. The summed E-state index contributed by atoms with van der Waals surface area (Å²) < 4.78 is 14.2. The Morgan fingerprint density at radius 2 is 1.52 bits per heavy atom. The van der Waals surface area contributed by atoms with Crippen LogP contribution in [-0.4, -0.2) is 52.8 Å². The van der Waals surface area contributed by atoms with E-state index in [1.807, 2.05) is 0 Å². The normalized spacial score (nSPS) is 16.8. The molecule has 1 atom stereocenters. The molecule has 1 aliphatic rings. The number of thioether (sulfide) groups is 1. The quantitative estimate of drug-likeness (QED) is 0.319. The van der Waals surface area contributed by atoms with Gasteiger partial charge in [-0.25, -0.2) is 9.59 Å². The summed E-state index contributed by atoms with van der Waals surface area (Å²) >= 11 is 1.26. The smallest absolute Gasteiger partial charge is 0.335 e. The molecule has 7 nitrogen and oxygen atoms in total. The molecule has 0 bridgehead atoms. The SMILES string of the molecule is CCOC(=O)C(SC1CCCCC1)(C(=O)OCC)C(N)CCC(=O)OC(C)(C)C. The molecule has 0 heterocycles. The van der Waals surface area contributed by atoms with Gasteiger partial charge < -0.3 is 19.9 Å². The first-order valence-corrected chi connectivity index (χ1v) is 11.4. The van der Waals surface area contributed by atoms with Crippen LogP contribution in [0.4, 0.5) is 0 Å². The van der Waals surface area contributed by atoms with Crippen LogP contribution in [0.3, 0.4) is 0 Å². The molecule has 29 heavy (non-hydrogen) atoms. The van der Waals surface area contributed by atoms with Crippen LogP contribution in [0.2, 0.25) is 0 Å². The second kappa shape index (κ2) is 11.8. The molecule has 1 saturated carbocycles. The Balaban J connectivity index is 3.10. The highest BCUT2D eigenvalue weighted by Gasteiger charge is 2.55. The maximum Gasteiger partial charge on any atom is 0.335 e. The van der Waals surface area contributed by atoms with Gasteiger partial charge in [-0.05, 0) is 53.9 Å². The van der Waals surface area contributed by atoms with E-state index in [2.05, 4.69) is 0 Å². The van der Waals surface area contributed by atoms with Crippen LogP contribution < -0.4 is 5.73 Å². The van der Waals surface area contributed by atoms with Gasteiger partial charge in [-0.2, -0.15) is 0 Å². The zero-order chi connectivity index (χ0) is 22.1. The van der Waals surface area contributed by atoms with E-state index in [0.29, 0.717) is 0 Å². The van der Waals surface area contributed by atoms with Crippen molar-refractivity contribution in [2.75, 3.05) is 13.2 Å². The van der Waals surface area contributed by atoms with Crippen LogP contribution in [0.25, 0.3) is 0 Å². The van der Waals surface area contributed by atoms with Crippen molar-refractivity contribution in [1.29, 1.82) is 0 Å². The van der Waals surface area contributed by atoms with Crippen LogP contribution in [0.5, 0.6) is 0 Å². The monoisotopic (exact) mass is 431 g/mol. The fourth-order valence-corrected chi connectivity index (χ4v) is 5.06. The number of hydrogen-bond acceptors (Lipinski definition) is 8. The van der Waals surface area contributed by atoms with Gasteiger partial charge in [-0.15, -0.1) is 11.8 Å². The van der Waals surface area contributed by atoms with Crippen molar-refractivity contribution in [3.8, 4) is 0 Å². The molecule has 0 saturated heterocycles. The van der Waals surface area contributed by atoms with Gasteiger partial charge in [0.25, 0.3) is 0 Å². The van der Waals surface area contributed by atoms with Gasteiger partial charge in [0.2, 0.25) is 4.75 Å². The van der Waals surface area contributed by atoms with E-state index in [0.717, 1.165) is 32.1 Å². The van der Waals surface area contributed by atoms with E-state index in [1.54, 1.807) is 34.6 Å². The summed E-state index contributed by atoms with van der Waals surface area (Å²) in [5, 5.41) is 0.116. The van der Waals surface area contributed by atoms with Crippen molar-refractivity contribution < 1.29 is 28.6 Å². The fourth-order valence-electron chi connectivity index (χ4n) is 3.36. The molecule has 1 unspecified atom stereocenters. The third-order valence-corrected chi connectivity index (χ3v) is 6.48. The summed E-state index contributed by atoms with van der Waals surface area (Å²) in [4.78, 5) is 38.2. The lowest BCUT2D eigenvalue weighted by Gasteiger charge is -2.37. The zero-order valence-corrected chi connectivity index (χ0v) is 19.3. The van der Waals surface area contributed by atoms with Crippen molar-refractivity contribution in [2.45, 2.75) is 101 Å². The summed E-state index contributed by atoms with van der Waals surface area (Å²) in [6.45, 7) is 8.98. The first-order valence-electron chi connectivity index (χ1n) is 10.6. The number of nitrogens with two attached hydrogens (primary N) is 1. The highest BCUT2D eigenvalue weighted by Crippen LogP contribution is 2.41. The maximum atomic E-state index is 13.0. The molecular weight excluding hydrogens is 394 g/mol. The topological polar surface area (TPSA) is 105 Å². The molecule has 0 aliphatic heterocycles. The Labute approximate surface area is 178 Å². The van der Waals surface area contributed by atoms with Crippen molar-refractivity contribution in [1.82, 2.24) is 0 Å². The van der Waals surface area contributed by atoms with E-state index in [9.17, 15) is 14.4 Å². The zero-order valence-electron chi connectivity index (χ0n) is 18.5. The number of esters is 3. The molecule has 0 aromatic carbocycles. The summed E-state index contributed by atoms with van der Waals surface area (Å²) in [6, 6.07) is -0.931. The van der Waals surface area contributed by atoms with Crippen molar-refractivity contribution >= 4 is 29.7 Å². The predicted molar refractivity (Wildman–Crippen MR) is 114 cm³/mol. The Morgan fingerprint density at radius 1 is 1.00 bits per heavy atom. The minimum absolute atomic E-state index is 0.00419. The fraction of sp³-hybridized carbons (Fsp3) is 0.857. The third kappa shape index (κ3) is 7.81. The van der Waals surface area contributed by atoms with Gasteiger partial charge in [-0.1, -0.05) is 19.3 Å². The number of hydrogen-bond donors (Lipinski definition) is 1. The lowest BCUT2D eigenvalue weighted by Crippen LogP contribution is -2.59. The molecule has 0 spiro atoms. The molecule has 0 radical (unpaired) electrons. The van der Waals surface area contributed by atoms with E-state index in [4.69, 9.17) is 19.9 Å². The first kappa shape index (κ1) is 25.8. The van der Waals surface area contributed by atoms with Gasteiger partial charge >= 0.3 is 17.9 Å². The van der Waals surface area contributed by atoms with Crippen LogP contribution in [0.1, 0.15) is 79.6 Å². The largest absolute Gasteiger partial charge is 0.464 e. The third-order valence-electron chi connectivity index (χ3n) is 4.66. The van der Waals surface area contributed by atoms with Crippen molar-refractivity contribution in [3.05, 3.63) is 0 Å². The number of carbonyl (C=O) groups excluding carboxylic acids is 3. The second-order valence-corrected chi connectivity index (χ2v) is 9.83. The molecule has 0 amide bonds. The molecule has 1 aliphatic carbocycles. The Bertz CT molecular complexity index is 536. The Morgan fingerprint density at radius 3 is 1.97 bits per heavy atom. The summed E-state index contributed by atoms with van der Waals surface area (Å²) in [7, 11) is 0. The van der Waals surface area contributed by atoms with E-state index in [1.165, 1.54) is 11.8 Å². The van der Waals surface area contributed by atoms with Crippen LogP contribution in [0.15, 0.2) is 0 Å². The van der Waals surface area contributed by atoms with Crippen molar-refractivity contribution in [2.24, 2.45) is 5.73 Å². The molecule has 1 rings (SSSR count). The van der Waals surface area contributed by atoms with Gasteiger partial charge in [0, 0.05) is 17.7 Å².